The van der Waals surface area contributed by atoms with Crippen molar-refractivity contribution in [3.8, 4) is 0 Å². The third kappa shape index (κ3) is 2.83. The van der Waals surface area contributed by atoms with Gasteiger partial charge in [-0.3, -0.25) is 9.59 Å². The number of methoxy groups -OCH3 is 1. The monoisotopic (exact) mass is 377 g/mol. The summed E-state index contributed by atoms with van der Waals surface area (Å²) in [4.78, 5) is 28.2. The highest BCUT2D eigenvalue weighted by Crippen LogP contribution is 2.38. The molecular formula is C23H23NO4. The zero-order valence-electron chi connectivity index (χ0n) is 16.5. The second-order valence-electron chi connectivity index (χ2n) is 7.41. The molecule has 3 aromatic rings. The quantitative estimate of drug-likeness (QED) is 0.692. The molecule has 5 nitrogen and oxygen atoms in total. The molecule has 1 unspecified atom stereocenters. The highest BCUT2D eigenvalue weighted by Gasteiger charge is 2.42. The molecule has 0 saturated carbocycles. The van der Waals surface area contributed by atoms with E-state index in [1.807, 2.05) is 57.2 Å². The first kappa shape index (κ1) is 18.4. The van der Waals surface area contributed by atoms with Crippen molar-refractivity contribution in [2.24, 2.45) is 0 Å². The summed E-state index contributed by atoms with van der Waals surface area (Å²) in [5, 5.41) is 0.514. The van der Waals surface area contributed by atoms with Crippen molar-refractivity contribution in [1.82, 2.24) is 4.90 Å². The summed E-state index contributed by atoms with van der Waals surface area (Å²) < 4.78 is 11.2. The standard InChI is InChI=1S/C23H23NO4/c1-13-5-7-16(8-6-13)20-19-21(25)17-11-14(2)15(3)12-18(17)28-22(19)23(26)24(20)9-10-27-4/h5-8,11-12,20H,9-10H2,1-4H3. The molecule has 0 saturated heterocycles. The predicted octanol–water partition coefficient (Wildman–Crippen LogP) is 3.91. The number of fused-ring (bicyclic) bond motifs is 2. The van der Waals surface area contributed by atoms with E-state index >= 15 is 0 Å². The van der Waals surface area contributed by atoms with Crippen LogP contribution in [0.3, 0.4) is 0 Å². The molecule has 0 spiro atoms. The number of carbonyl (C=O) groups excluding carboxylic acids is 1. The van der Waals surface area contributed by atoms with E-state index in [2.05, 4.69) is 0 Å². The van der Waals surface area contributed by atoms with Gasteiger partial charge in [0.25, 0.3) is 5.91 Å². The minimum absolute atomic E-state index is 0.141. The Labute approximate surface area is 163 Å². The Morgan fingerprint density at radius 2 is 1.71 bits per heavy atom. The van der Waals surface area contributed by atoms with E-state index in [1.54, 1.807) is 12.0 Å². The van der Waals surface area contributed by atoms with Crippen LogP contribution in [0.15, 0.2) is 45.6 Å². The summed E-state index contributed by atoms with van der Waals surface area (Å²) in [5.74, 6) is -0.128. The van der Waals surface area contributed by atoms with Crippen LogP contribution in [-0.4, -0.2) is 31.1 Å². The van der Waals surface area contributed by atoms with Gasteiger partial charge >= 0.3 is 0 Å². The second kappa shape index (κ2) is 6.91. The smallest absolute Gasteiger partial charge is 0.290 e. The van der Waals surface area contributed by atoms with Gasteiger partial charge in [-0.05, 0) is 49.6 Å². The van der Waals surface area contributed by atoms with Crippen molar-refractivity contribution < 1.29 is 13.9 Å². The molecule has 1 atom stereocenters. The Kier molecular flexibility index (Phi) is 4.55. The third-order valence-electron chi connectivity index (χ3n) is 5.51. The van der Waals surface area contributed by atoms with E-state index < -0.39 is 6.04 Å². The molecule has 1 aliphatic rings. The van der Waals surface area contributed by atoms with Crippen LogP contribution < -0.4 is 5.43 Å². The third-order valence-corrected chi connectivity index (χ3v) is 5.51. The van der Waals surface area contributed by atoms with Gasteiger partial charge in [-0.15, -0.1) is 0 Å². The maximum Gasteiger partial charge on any atom is 0.290 e. The Balaban J connectivity index is 1.98. The lowest BCUT2D eigenvalue weighted by molar-refractivity contribution is 0.0663. The lowest BCUT2D eigenvalue weighted by atomic mass is 9.97. The number of hydrogen-bond acceptors (Lipinski definition) is 4. The second-order valence-corrected chi connectivity index (χ2v) is 7.41. The highest BCUT2D eigenvalue weighted by atomic mass is 16.5. The van der Waals surface area contributed by atoms with E-state index in [9.17, 15) is 9.59 Å². The van der Waals surface area contributed by atoms with Crippen molar-refractivity contribution in [2.75, 3.05) is 20.3 Å². The molecule has 0 N–H and O–H groups in total. The lowest BCUT2D eigenvalue weighted by Gasteiger charge is -2.24. The minimum Gasteiger partial charge on any atom is -0.450 e. The van der Waals surface area contributed by atoms with E-state index in [1.165, 1.54) is 0 Å². The molecule has 1 amide bonds. The van der Waals surface area contributed by atoms with Gasteiger partial charge in [-0.2, -0.15) is 0 Å². The Bertz CT molecular complexity index is 1130. The molecule has 144 valence electrons. The molecule has 1 aliphatic heterocycles. The molecule has 4 rings (SSSR count). The van der Waals surface area contributed by atoms with Crippen LogP contribution in [0.1, 0.15) is 44.4 Å². The summed E-state index contributed by atoms with van der Waals surface area (Å²) in [5.41, 5.74) is 4.78. The first-order valence-electron chi connectivity index (χ1n) is 9.36. The van der Waals surface area contributed by atoms with Crippen molar-refractivity contribution in [1.29, 1.82) is 0 Å². The Morgan fingerprint density at radius 3 is 2.39 bits per heavy atom. The average molecular weight is 377 g/mol. The van der Waals surface area contributed by atoms with Crippen LogP contribution in [-0.2, 0) is 4.74 Å². The summed E-state index contributed by atoms with van der Waals surface area (Å²) in [6.07, 6.45) is 0. The van der Waals surface area contributed by atoms with Crippen molar-refractivity contribution in [2.45, 2.75) is 26.8 Å². The minimum atomic E-state index is -0.472. The van der Waals surface area contributed by atoms with Gasteiger partial charge in [0, 0.05) is 13.7 Å². The zero-order valence-corrected chi connectivity index (χ0v) is 16.5. The first-order chi connectivity index (χ1) is 13.4. The number of benzene rings is 2. The highest BCUT2D eigenvalue weighted by molar-refractivity contribution is 5.99. The predicted molar refractivity (Wildman–Crippen MR) is 108 cm³/mol. The van der Waals surface area contributed by atoms with Crippen LogP contribution in [0, 0.1) is 20.8 Å². The molecule has 2 heterocycles. The molecule has 0 bridgehead atoms. The number of aryl methyl sites for hydroxylation is 3. The maximum absolute atomic E-state index is 13.4. The van der Waals surface area contributed by atoms with E-state index in [0.29, 0.717) is 29.7 Å². The summed E-state index contributed by atoms with van der Waals surface area (Å²) in [7, 11) is 1.60. The zero-order chi connectivity index (χ0) is 20.0. The number of carbonyl (C=O) groups is 1. The Hall–Kier alpha value is -2.92. The molecule has 5 heteroatoms. The molecule has 0 aliphatic carbocycles. The number of rotatable bonds is 4. The van der Waals surface area contributed by atoms with Gasteiger partial charge in [0.2, 0.25) is 5.76 Å². The van der Waals surface area contributed by atoms with Gasteiger partial charge in [-0.25, -0.2) is 0 Å². The topological polar surface area (TPSA) is 59.8 Å². The molecule has 1 aromatic heterocycles. The average Bonchev–Trinajstić information content (AvgIpc) is 2.95. The van der Waals surface area contributed by atoms with Crippen molar-refractivity contribution in [3.63, 3.8) is 0 Å². The molecular weight excluding hydrogens is 354 g/mol. The molecule has 0 radical (unpaired) electrons. The van der Waals surface area contributed by atoms with Crippen LogP contribution in [0.25, 0.3) is 11.0 Å². The fraction of sp³-hybridized carbons (Fsp3) is 0.304. The summed E-state index contributed by atoms with van der Waals surface area (Å²) in [6, 6.07) is 11.1. The number of ether oxygens (including phenoxy) is 1. The van der Waals surface area contributed by atoms with Crippen LogP contribution in [0.5, 0.6) is 0 Å². The van der Waals surface area contributed by atoms with Gasteiger partial charge in [0.15, 0.2) is 5.43 Å². The van der Waals surface area contributed by atoms with E-state index in [-0.39, 0.29) is 17.1 Å². The molecule has 28 heavy (non-hydrogen) atoms. The molecule has 0 fully saturated rings. The van der Waals surface area contributed by atoms with Gasteiger partial charge in [-0.1, -0.05) is 29.8 Å². The number of nitrogens with zero attached hydrogens (tertiary/aromatic N) is 1. The number of amides is 1. The number of hydrogen-bond donors (Lipinski definition) is 0. The fourth-order valence-corrected chi connectivity index (χ4v) is 3.79. The van der Waals surface area contributed by atoms with Crippen LogP contribution >= 0.6 is 0 Å². The fourth-order valence-electron chi connectivity index (χ4n) is 3.79. The van der Waals surface area contributed by atoms with Gasteiger partial charge < -0.3 is 14.1 Å². The molecule has 2 aromatic carbocycles. The van der Waals surface area contributed by atoms with Crippen LogP contribution in [0.4, 0.5) is 0 Å². The normalized spacial score (nSPS) is 16.1. The maximum atomic E-state index is 13.4. The summed E-state index contributed by atoms with van der Waals surface area (Å²) >= 11 is 0. The SMILES string of the molecule is COCCN1C(=O)c2oc3cc(C)c(C)cc3c(=O)c2C1c1ccc(C)cc1. The van der Waals surface area contributed by atoms with Crippen LogP contribution in [0.2, 0.25) is 0 Å². The van der Waals surface area contributed by atoms with Crippen molar-refractivity contribution in [3.05, 3.63) is 80.2 Å². The van der Waals surface area contributed by atoms with Gasteiger partial charge in [0.05, 0.1) is 23.6 Å². The van der Waals surface area contributed by atoms with E-state index in [4.69, 9.17) is 9.15 Å². The first-order valence-corrected chi connectivity index (χ1v) is 9.36. The van der Waals surface area contributed by atoms with Gasteiger partial charge in [0.1, 0.15) is 5.58 Å². The van der Waals surface area contributed by atoms with Crippen molar-refractivity contribution >= 4 is 16.9 Å². The largest absolute Gasteiger partial charge is 0.450 e. The summed E-state index contributed by atoms with van der Waals surface area (Å²) in [6.45, 7) is 6.70. The Morgan fingerprint density at radius 1 is 1.04 bits per heavy atom. The lowest BCUT2D eigenvalue weighted by Crippen LogP contribution is -2.32. The van der Waals surface area contributed by atoms with E-state index in [0.717, 1.165) is 22.3 Å².